The molecule has 1 atom stereocenters. The molecule has 0 aliphatic rings. The summed E-state index contributed by atoms with van der Waals surface area (Å²) in [4.78, 5) is 30.3. The van der Waals surface area contributed by atoms with Gasteiger partial charge in [0.1, 0.15) is 0 Å². The van der Waals surface area contributed by atoms with Gasteiger partial charge in [-0.05, 0) is 0 Å². The molecule has 0 aromatic heterocycles. The Balaban J connectivity index is -0.0000000720. The topological polar surface area (TPSA) is 261 Å². The molecule has 106 valence electrons. The Morgan fingerprint density at radius 3 is 1.44 bits per heavy atom. The van der Waals surface area contributed by atoms with Crippen molar-refractivity contribution >= 4 is 17.9 Å². The van der Waals surface area contributed by atoms with Crippen molar-refractivity contribution in [3.8, 4) is 0 Å². The van der Waals surface area contributed by atoms with Crippen molar-refractivity contribution in [1.29, 1.82) is 0 Å². The average molecular weight is 302 g/mol. The first kappa shape index (κ1) is 36.1. The van der Waals surface area contributed by atoms with E-state index < -0.39 is 36.4 Å². The van der Waals surface area contributed by atoms with E-state index in [4.69, 9.17) is 15.3 Å². The van der Waals surface area contributed by atoms with Gasteiger partial charge in [0, 0.05) is 12.4 Å². The molecule has 18 heavy (non-hydrogen) atoms. The summed E-state index contributed by atoms with van der Waals surface area (Å²) in [7, 11) is 0. The molecule has 0 amide bonds. The SMILES string of the molecule is O.O.O.O.O=C([O-])CC(O)(CC(=O)O)C(=O)O.[K+]. The number of rotatable bonds is 5. The fraction of sp³-hybridized carbons (Fsp3) is 0.500. The van der Waals surface area contributed by atoms with E-state index in [1.165, 1.54) is 0 Å². The summed E-state index contributed by atoms with van der Waals surface area (Å²) >= 11 is 0. The van der Waals surface area contributed by atoms with E-state index in [1.807, 2.05) is 0 Å². The molecule has 0 aromatic carbocycles. The molecule has 0 rings (SSSR count). The zero-order valence-electron chi connectivity index (χ0n) is 9.39. The van der Waals surface area contributed by atoms with Crippen molar-refractivity contribution in [2.45, 2.75) is 18.4 Å². The van der Waals surface area contributed by atoms with Gasteiger partial charge in [0.25, 0.3) is 0 Å². The number of carbonyl (C=O) groups is 3. The molecular formula is C6H15KO11. The van der Waals surface area contributed by atoms with Gasteiger partial charge in [0.2, 0.25) is 0 Å². The van der Waals surface area contributed by atoms with E-state index in [2.05, 4.69) is 0 Å². The monoisotopic (exact) mass is 302 g/mol. The largest absolute Gasteiger partial charge is 1.00 e. The predicted molar refractivity (Wildman–Crippen MR) is 48.9 cm³/mol. The van der Waals surface area contributed by atoms with Gasteiger partial charge >= 0.3 is 63.3 Å². The van der Waals surface area contributed by atoms with Crippen molar-refractivity contribution < 1.29 is 108 Å². The first-order valence-electron chi connectivity index (χ1n) is 3.15. The minimum Gasteiger partial charge on any atom is -0.550 e. The maximum absolute atomic E-state index is 10.3. The van der Waals surface area contributed by atoms with Crippen LogP contribution in [0.3, 0.4) is 0 Å². The molecule has 0 spiro atoms. The standard InChI is InChI=1S/C6H8O7.K.4H2O/c7-3(8)1-6(13,5(11)12)2-4(9)10;;;;;/h13H,1-2H2,(H,7,8)(H,9,10)(H,11,12);;4*1H2/q;+1;;;;/p-1. The summed E-state index contributed by atoms with van der Waals surface area (Å²) in [6, 6.07) is 0. The Hall–Kier alpha value is -0.154. The van der Waals surface area contributed by atoms with Crippen molar-refractivity contribution in [2.75, 3.05) is 0 Å². The van der Waals surface area contributed by atoms with Crippen molar-refractivity contribution in [3.05, 3.63) is 0 Å². The van der Waals surface area contributed by atoms with E-state index >= 15 is 0 Å². The normalized spacial score (nSPS) is 10.5. The summed E-state index contributed by atoms with van der Waals surface area (Å²) in [5, 5.41) is 35.5. The minimum absolute atomic E-state index is 0. The molecule has 0 heterocycles. The third-order valence-electron chi connectivity index (χ3n) is 1.28. The Morgan fingerprint density at radius 2 is 1.28 bits per heavy atom. The van der Waals surface area contributed by atoms with Gasteiger partial charge in [0.15, 0.2) is 5.60 Å². The summed E-state index contributed by atoms with van der Waals surface area (Å²) in [6.45, 7) is 0. The number of hydrogen-bond acceptors (Lipinski definition) is 5. The molecule has 0 aromatic rings. The van der Waals surface area contributed by atoms with Crippen LogP contribution in [0.5, 0.6) is 0 Å². The van der Waals surface area contributed by atoms with E-state index in [0.717, 1.165) is 0 Å². The van der Waals surface area contributed by atoms with Crippen LogP contribution >= 0.6 is 0 Å². The van der Waals surface area contributed by atoms with Crippen LogP contribution in [-0.4, -0.2) is 60.7 Å². The molecule has 0 aliphatic carbocycles. The van der Waals surface area contributed by atoms with E-state index in [-0.39, 0.29) is 73.3 Å². The average Bonchev–Trinajstić information content (AvgIpc) is 1.82. The van der Waals surface area contributed by atoms with Crippen LogP contribution in [0.25, 0.3) is 0 Å². The Morgan fingerprint density at radius 1 is 0.944 bits per heavy atom. The number of carboxylic acid groups (broad SMARTS) is 3. The molecule has 0 aliphatic heterocycles. The zero-order valence-corrected chi connectivity index (χ0v) is 12.5. The van der Waals surface area contributed by atoms with Gasteiger partial charge in [-0.25, -0.2) is 4.79 Å². The molecule has 11 N–H and O–H groups in total. The van der Waals surface area contributed by atoms with Crippen molar-refractivity contribution in [1.82, 2.24) is 0 Å². The fourth-order valence-electron chi connectivity index (χ4n) is 0.703. The van der Waals surface area contributed by atoms with Gasteiger partial charge in [-0.2, -0.15) is 0 Å². The van der Waals surface area contributed by atoms with Crippen molar-refractivity contribution in [2.24, 2.45) is 0 Å². The molecule has 0 saturated heterocycles. The quantitative estimate of drug-likeness (QED) is 0.412. The minimum atomic E-state index is -2.80. The molecule has 0 bridgehead atoms. The second-order valence-electron chi connectivity index (χ2n) is 2.46. The van der Waals surface area contributed by atoms with E-state index in [0.29, 0.717) is 0 Å². The van der Waals surface area contributed by atoms with Crippen LogP contribution in [0.1, 0.15) is 12.8 Å². The van der Waals surface area contributed by atoms with E-state index in [1.54, 1.807) is 0 Å². The van der Waals surface area contributed by atoms with Gasteiger partial charge in [-0.3, -0.25) is 4.79 Å². The summed E-state index contributed by atoms with van der Waals surface area (Å²) in [6.07, 6.45) is -2.44. The second-order valence-corrected chi connectivity index (χ2v) is 2.46. The Bertz CT molecular complexity index is 236. The van der Waals surface area contributed by atoms with Gasteiger partial charge < -0.3 is 47.1 Å². The molecule has 12 heteroatoms. The van der Waals surface area contributed by atoms with Gasteiger partial charge in [0.05, 0.1) is 6.42 Å². The third-order valence-corrected chi connectivity index (χ3v) is 1.28. The summed E-state index contributed by atoms with van der Waals surface area (Å²) in [5.41, 5.74) is -2.80. The molecular weight excluding hydrogens is 287 g/mol. The molecule has 0 radical (unpaired) electrons. The maximum atomic E-state index is 10.3. The molecule has 0 saturated carbocycles. The Labute approximate surface area is 143 Å². The summed E-state index contributed by atoms with van der Waals surface area (Å²) < 4.78 is 0. The van der Waals surface area contributed by atoms with Crippen LogP contribution in [0.4, 0.5) is 0 Å². The number of carboxylic acids is 3. The number of carbonyl (C=O) groups excluding carboxylic acids is 1. The molecule has 11 nitrogen and oxygen atoms in total. The van der Waals surface area contributed by atoms with E-state index in [9.17, 15) is 19.5 Å². The Kier molecular flexibility index (Phi) is 29.9. The van der Waals surface area contributed by atoms with Crippen LogP contribution in [0.2, 0.25) is 0 Å². The molecule has 0 fully saturated rings. The zero-order chi connectivity index (χ0) is 10.6. The van der Waals surface area contributed by atoms with Crippen LogP contribution < -0.4 is 56.5 Å². The number of aliphatic carboxylic acids is 3. The maximum Gasteiger partial charge on any atom is 1.00 e. The smallest absolute Gasteiger partial charge is 0.550 e. The van der Waals surface area contributed by atoms with Gasteiger partial charge in [-0.1, -0.05) is 0 Å². The van der Waals surface area contributed by atoms with Crippen LogP contribution in [0, 0.1) is 0 Å². The third kappa shape index (κ3) is 13.9. The predicted octanol–water partition coefficient (Wildman–Crippen LogP) is -8.88. The first-order chi connectivity index (χ1) is 5.78. The molecule has 1 unspecified atom stereocenters. The first-order valence-corrected chi connectivity index (χ1v) is 3.15. The second kappa shape index (κ2) is 14.9. The fourth-order valence-corrected chi connectivity index (χ4v) is 0.703. The van der Waals surface area contributed by atoms with Crippen molar-refractivity contribution in [3.63, 3.8) is 0 Å². The van der Waals surface area contributed by atoms with Crippen LogP contribution in [-0.2, 0) is 14.4 Å². The number of aliphatic hydroxyl groups is 1. The van der Waals surface area contributed by atoms with Crippen LogP contribution in [0.15, 0.2) is 0 Å². The summed E-state index contributed by atoms with van der Waals surface area (Å²) in [5.74, 6) is -5.34. The number of hydrogen-bond donors (Lipinski definition) is 3. The van der Waals surface area contributed by atoms with Gasteiger partial charge in [-0.15, -0.1) is 0 Å².